The Morgan fingerprint density at radius 3 is 2.58 bits per heavy atom. The van der Waals surface area contributed by atoms with Crippen LogP contribution in [0.1, 0.15) is 31.1 Å². The number of hydrogen-bond donors (Lipinski definition) is 2. The zero-order valence-electron chi connectivity index (χ0n) is 21.4. The fourth-order valence-electron chi connectivity index (χ4n) is 4.15. The van der Waals surface area contributed by atoms with Crippen molar-refractivity contribution in [2.45, 2.75) is 37.8 Å². The normalized spacial score (nSPS) is 14.2. The summed E-state index contributed by atoms with van der Waals surface area (Å²) in [5.74, 6) is 4.78. The van der Waals surface area contributed by atoms with Crippen LogP contribution in [0.5, 0.6) is 5.88 Å². The third-order valence-corrected chi connectivity index (χ3v) is 6.45. The molecule has 1 aliphatic carbocycles. The molecule has 1 aromatic carbocycles. The third kappa shape index (κ3) is 5.19. The van der Waals surface area contributed by atoms with Crippen molar-refractivity contribution < 1.29 is 31.6 Å². The number of amides is 1. The molecule has 1 amide bonds. The minimum atomic E-state index is -4.47. The predicted molar refractivity (Wildman–Crippen MR) is 134 cm³/mol. The SMILES string of the molecule is CCOc1nn(C)cc1N(N)c1ncc(-c2ccc(CC(=O)Nc3cc(C4(C(F)(F)F)CC4)on3)c(F)c2)cn1. The second-order valence-corrected chi connectivity index (χ2v) is 9.26. The Balaban J connectivity index is 1.24. The maximum Gasteiger partial charge on any atom is 0.401 e. The van der Waals surface area contributed by atoms with Crippen LogP contribution in [0, 0.1) is 5.82 Å². The van der Waals surface area contributed by atoms with Crippen LogP contribution in [-0.4, -0.2) is 43.6 Å². The van der Waals surface area contributed by atoms with Gasteiger partial charge in [0.2, 0.25) is 11.9 Å². The summed E-state index contributed by atoms with van der Waals surface area (Å²) >= 11 is 0. The summed E-state index contributed by atoms with van der Waals surface area (Å²) in [5, 5.41) is 11.3. The van der Waals surface area contributed by atoms with Gasteiger partial charge in [-0.05, 0) is 37.0 Å². The molecule has 40 heavy (non-hydrogen) atoms. The lowest BCUT2D eigenvalue weighted by molar-refractivity contribution is -0.165. The smallest absolute Gasteiger partial charge is 0.401 e. The van der Waals surface area contributed by atoms with E-state index in [9.17, 15) is 22.4 Å². The second kappa shape index (κ2) is 10.2. The topological polar surface area (TPSA) is 137 Å². The number of carbonyl (C=O) groups is 1. The number of hydrazine groups is 1. The highest BCUT2D eigenvalue weighted by Crippen LogP contribution is 2.59. The maximum absolute atomic E-state index is 14.9. The molecule has 3 aromatic heterocycles. The Hall–Kier alpha value is -4.53. The van der Waals surface area contributed by atoms with Gasteiger partial charge in [0.25, 0.3) is 5.88 Å². The molecule has 1 aliphatic rings. The summed E-state index contributed by atoms with van der Waals surface area (Å²) < 4.78 is 66.5. The van der Waals surface area contributed by atoms with Gasteiger partial charge in [-0.25, -0.2) is 25.2 Å². The van der Waals surface area contributed by atoms with Crippen molar-refractivity contribution >= 4 is 23.4 Å². The zero-order chi connectivity index (χ0) is 28.7. The molecule has 0 atom stereocenters. The number of aryl methyl sites for hydroxylation is 1. The average Bonchev–Trinajstić information content (AvgIpc) is 3.48. The number of nitrogens with one attached hydrogen (secondary N) is 1. The van der Waals surface area contributed by atoms with Gasteiger partial charge in [0.15, 0.2) is 11.6 Å². The first kappa shape index (κ1) is 27.1. The lowest BCUT2D eigenvalue weighted by Crippen LogP contribution is -2.28. The minimum absolute atomic E-state index is 0.0737. The van der Waals surface area contributed by atoms with E-state index in [0.717, 1.165) is 6.07 Å². The number of anilines is 3. The predicted octanol–water partition coefficient (Wildman–Crippen LogP) is 4.19. The number of nitrogens with zero attached hydrogens (tertiary/aromatic N) is 6. The highest BCUT2D eigenvalue weighted by Gasteiger charge is 2.66. The van der Waals surface area contributed by atoms with Crippen LogP contribution in [-0.2, 0) is 23.7 Å². The van der Waals surface area contributed by atoms with Crippen molar-refractivity contribution in [1.82, 2.24) is 24.9 Å². The van der Waals surface area contributed by atoms with Crippen LogP contribution < -0.4 is 20.9 Å². The largest absolute Gasteiger partial charge is 0.475 e. The number of halogens is 4. The Labute approximate surface area is 224 Å². The van der Waals surface area contributed by atoms with Gasteiger partial charge >= 0.3 is 6.18 Å². The zero-order valence-corrected chi connectivity index (χ0v) is 21.4. The van der Waals surface area contributed by atoms with E-state index in [1.165, 1.54) is 29.5 Å². The molecule has 3 heterocycles. The number of nitrogens with two attached hydrogens (primary N) is 1. The number of alkyl halides is 3. The fourth-order valence-corrected chi connectivity index (χ4v) is 4.15. The van der Waals surface area contributed by atoms with E-state index >= 15 is 0 Å². The number of rotatable bonds is 9. The summed E-state index contributed by atoms with van der Waals surface area (Å²) in [6.45, 7) is 2.21. The lowest BCUT2D eigenvalue weighted by atomic mass is 10.0. The van der Waals surface area contributed by atoms with E-state index in [0.29, 0.717) is 29.3 Å². The lowest BCUT2D eigenvalue weighted by Gasteiger charge is -2.15. The Morgan fingerprint density at radius 2 is 1.95 bits per heavy atom. The molecule has 11 nitrogen and oxygen atoms in total. The Morgan fingerprint density at radius 1 is 1.23 bits per heavy atom. The first-order valence-corrected chi connectivity index (χ1v) is 12.2. The van der Waals surface area contributed by atoms with Crippen molar-refractivity contribution in [3.63, 3.8) is 0 Å². The quantitative estimate of drug-likeness (QED) is 0.175. The van der Waals surface area contributed by atoms with Gasteiger partial charge in [0.05, 0.1) is 19.2 Å². The summed E-state index contributed by atoms with van der Waals surface area (Å²) in [4.78, 5) is 20.9. The van der Waals surface area contributed by atoms with Gasteiger partial charge in [-0.1, -0.05) is 17.3 Å². The van der Waals surface area contributed by atoms with Crippen molar-refractivity contribution in [2.24, 2.45) is 12.9 Å². The first-order valence-electron chi connectivity index (χ1n) is 12.2. The first-order chi connectivity index (χ1) is 19.0. The Bertz CT molecular complexity index is 1530. The van der Waals surface area contributed by atoms with E-state index in [-0.39, 0.29) is 42.4 Å². The molecule has 0 aliphatic heterocycles. The number of carbonyl (C=O) groups excluding carboxylic acids is 1. The Kier molecular flexibility index (Phi) is 6.91. The van der Waals surface area contributed by atoms with Crippen molar-refractivity contribution in [3.8, 4) is 17.0 Å². The van der Waals surface area contributed by atoms with Crippen molar-refractivity contribution in [2.75, 3.05) is 16.9 Å². The summed E-state index contributed by atoms with van der Waals surface area (Å²) in [5.41, 5.74) is -0.571. The van der Waals surface area contributed by atoms with Gasteiger partial charge in [-0.3, -0.25) is 9.48 Å². The number of ether oxygens (including phenoxy) is 1. The van der Waals surface area contributed by atoms with Gasteiger partial charge in [-0.15, -0.1) is 5.10 Å². The molecular formula is C25H24F4N8O3. The highest BCUT2D eigenvalue weighted by atomic mass is 19.4. The molecule has 0 radical (unpaired) electrons. The molecule has 0 saturated heterocycles. The molecule has 5 rings (SSSR count). The van der Waals surface area contributed by atoms with Crippen molar-refractivity contribution in [3.05, 3.63) is 60.0 Å². The second-order valence-electron chi connectivity index (χ2n) is 9.26. The fraction of sp³-hybridized carbons (Fsp3) is 0.320. The molecule has 0 bridgehead atoms. The number of aromatic nitrogens is 5. The van der Waals surface area contributed by atoms with Crippen LogP contribution in [0.4, 0.5) is 35.0 Å². The monoisotopic (exact) mass is 560 g/mol. The minimum Gasteiger partial charge on any atom is -0.475 e. The van der Waals surface area contributed by atoms with Crippen LogP contribution in [0.25, 0.3) is 11.1 Å². The van der Waals surface area contributed by atoms with Gasteiger partial charge in [-0.2, -0.15) is 13.2 Å². The molecule has 4 aromatic rings. The van der Waals surface area contributed by atoms with Crippen LogP contribution >= 0.6 is 0 Å². The average molecular weight is 561 g/mol. The summed E-state index contributed by atoms with van der Waals surface area (Å²) in [6.07, 6.45) is -0.460. The van der Waals surface area contributed by atoms with E-state index in [2.05, 4.69) is 25.5 Å². The van der Waals surface area contributed by atoms with Crippen LogP contribution in [0.2, 0.25) is 0 Å². The van der Waals surface area contributed by atoms with Crippen LogP contribution in [0.3, 0.4) is 0 Å². The third-order valence-electron chi connectivity index (χ3n) is 6.45. The highest BCUT2D eigenvalue weighted by molar-refractivity contribution is 5.91. The summed E-state index contributed by atoms with van der Waals surface area (Å²) in [6, 6.07) is 5.29. The molecule has 0 spiro atoms. The van der Waals surface area contributed by atoms with E-state index in [1.807, 2.05) is 6.92 Å². The standard InChI is InChI=1S/C25H24F4N8O3/c1-3-39-22-18(13-36(2)34-22)37(30)23-31-11-16(12-32-23)14-4-5-15(17(26)8-14)9-21(38)33-20-10-19(40-35-20)24(6-7-24)25(27,28)29/h4-5,8,10-13H,3,6-7,9,30H2,1-2H3,(H,33,35,38). The number of hydrogen-bond acceptors (Lipinski definition) is 9. The molecule has 1 fully saturated rings. The molecular weight excluding hydrogens is 536 g/mol. The number of benzene rings is 1. The van der Waals surface area contributed by atoms with Gasteiger partial charge in [0.1, 0.15) is 16.9 Å². The van der Waals surface area contributed by atoms with E-state index in [1.54, 1.807) is 24.0 Å². The summed E-state index contributed by atoms with van der Waals surface area (Å²) in [7, 11) is 1.72. The molecule has 3 N–H and O–H groups in total. The molecule has 0 unspecified atom stereocenters. The van der Waals surface area contributed by atoms with Crippen molar-refractivity contribution in [1.29, 1.82) is 0 Å². The molecule has 15 heteroatoms. The van der Waals surface area contributed by atoms with Gasteiger partial charge in [0, 0.05) is 31.1 Å². The van der Waals surface area contributed by atoms with E-state index in [4.69, 9.17) is 15.1 Å². The van der Waals surface area contributed by atoms with E-state index < -0.39 is 23.3 Å². The maximum atomic E-state index is 14.9. The molecule has 210 valence electrons. The van der Waals surface area contributed by atoms with Gasteiger partial charge < -0.3 is 14.6 Å². The van der Waals surface area contributed by atoms with Crippen LogP contribution in [0.15, 0.2) is 47.4 Å². The molecule has 1 saturated carbocycles.